The van der Waals surface area contributed by atoms with Crippen LogP contribution in [0, 0.1) is 0 Å². The second kappa shape index (κ2) is 13.0. The maximum Gasteiger partial charge on any atom is 0.416 e. The first-order valence-electron chi connectivity index (χ1n) is 7.68. The Morgan fingerprint density at radius 2 is 1.35 bits per heavy atom. The van der Waals surface area contributed by atoms with E-state index in [-0.39, 0.29) is 0 Å². The van der Waals surface area contributed by atoms with Crippen LogP contribution in [0.1, 0.15) is 31.2 Å². The van der Waals surface area contributed by atoms with E-state index in [1.807, 2.05) is 6.08 Å². The number of rotatable bonds is 2. The summed E-state index contributed by atoms with van der Waals surface area (Å²) in [5, 5.41) is 0. The Bertz CT molecular complexity index is 653. The monoisotopic (exact) mass is 480 g/mol. The van der Waals surface area contributed by atoms with Crippen LogP contribution in [-0.4, -0.2) is 13.0 Å². The smallest absolute Gasteiger partial charge is 0.416 e. The predicted molar refractivity (Wildman–Crippen MR) is 91.2 cm³/mol. The quantitative estimate of drug-likeness (QED) is 0.323. The van der Waals surface area contributed by atoms with Gasteiger partial charge < -0.3 is 4.55 Å². The second-order valence-electron chi connectivity index (χ2n) is 4.99. The Hall–Kier alpha value is -1.20. The molecule has 3 nitrogen and oxygen atoms in total. The van der Waals surface area contributed by atoms with Gasteiger partial charge in [-0.1, -0.05) is 24.3 Å². The van der Waals surface area contributed by atoms with Gasteiger partial charge in [-0.15, -0.1) is 0 Å². The minimum Gasteiger partial charge on any atom is -0.744 e. The van der Waals surface area contributed by atoms with Crippen molar-refractivity contribution in [3.8, 4) is 0 Å². The standard InChI is InChI=1S/C8H12.C7H5F3O3S.C3H5.Pd/c1-2-4-6-8-7-5-3-1;8-7(9,10)5-1-3-6(4-2-5)14(11,12)13;1-3-2;/h1-2,7-8H,3-6H2;1-4H,(H,11,12,13);3H,1-2H2;/q;;;+1/p-1/b2-1-,8-7-;;;. The zero-order valence-corrected chi connectivity index (χ0v) is 16.4. The molecule has 0 unspecified atom stereocenters. The SMILES string of the molecule is C1=C\CC/C=C\CC/1.C=C[CH2][Pd+].O=S(=O)([O-])c1ccc(C(F)(F)F)cc1. The van der Waals surface area contributed by atoms with Crippen LogP contribution in [0.2, 0.25) is 4.89 Å². The van der Waals surface area contributed by atoms with E-state index in [1.54, 1.807) is 0 Å². The van der Waals surface area contributed by atoms with Crippen molar-refractivity contribution in [2.24, 2.45) is 0 Å². The van der Waals surface area contributed by atoms with Crippen LogP contribution in [-0.2, 0) is 35.5 Å². The summed E-state index contributed by atoms with van der Waals surface area (Å²) in [6, 6.07) is 2.35. The van der Waals surface area contributed by atoms with Crippen molar-refractivity contribution in [1.82, 2.24) is 0 Å². The Morgan fingerprint density at radius 1 is 1.00 bits per heavy atom. The fourth-order valence-corrected chi connectivity index (χ4v) is 2.14. The zero-order chi connectivity index (χ0) is 20.1. The fourth-order valence-electron chi connectivity index (χ4n) is 1.67. The predicted octanol–water partition coefficient (Wildman–Crippen LogP) is 5.42. The Kier molecular flexibility index (Phi) is 12.4. The van der Waals surface area contributed by atoms with Crippen molar-refractivity contribution in [1.29, 1.82) is 0 Å². The first-order valence-corrected chi connectivity index (χ1v) is 10.2. The van der Waals surface area contributed by atoms with Crippen LogP contribution >= 0.6 is 0 Å². The van der Waals surface area contributed by atoms with E-state index in [4.69, 9.17) is 0 Å². The van der Waals surface area contributed by atoms with Crippen LogP contribution < -0.4 is 0 Å². The Morgan fingerprint density at radius 3 is 1.58 bits per heavy atom. The van der Waals surface area contributed by atoms with Crippen LogP contribution in [0.5, 0.6) is 0 Å². The molecule has 0 saturated carbocycles. The summed E-state index contributed by atoms with van der Waals surface area (Å²) in [7, 11) is -4.68. The van der Waals surface area contributed by atoms with Gasteiger partial charge in [0.15, 0.2) is 0 Å². The van der Waals surface area contributed by atoms with E-state index in [0.29, 0.717) is 24.3 Å². The van der Waals surface area contributed by atoms with E-state index >= 15 is 0 Å². The van der Waals surface area contributed by atoms with Crippen LogP contribution in [0.25, 0.3) is 0 Å². The molecule has 1 aliphatic rings. The molecule has 2 rings (SSSR count). The van der Waals surface area contributed by atoms with Gasteiger partial charge in [-0.05, 0) is 49.9 Å². The summed E-state index contributed by atoms with van der Waals surface area (Å²) in [5.41, 5.74) is -0.995. The van der Waals surface area contributed by atoms with E-state index in [1.165, 1.54) is 25.7 Å². The summed E-state index contributed by atoms with van der Waals surface area (Å²) >= 11 is 2.92. The summed E-state index contributed by atoms with van der Waals surface area (Å²) in [6.45, 7) is 3.44. The molecule has 0 radical (unpaired) electrons. The van der Waals surface area contributed by atoms with Crippen molar-refractivity contribution in [3.63, 3.8) is 0 Å². The molecule has 26 heavy (non-hydrogen) atoms. The van der Waals surface area contributed by atoms with Crippen molar-refractivity contribution in [3.05, 3.63) is 66.8 Å². The summed E-state index contributed by atoms with van der Waals surface area (Å²) in [6.07, 6.45) is 11.3. The van der Waals surface area contributed by atoms with Crippen molar-refractivity contribution >= 4 is 10.1 Å². The molecule has 0 aliphatic heterocycles. The van der Waals surface area contributed by atoms with Gasteiger partial charge in [0, 0.05) is 0 Å². The molecule has 8 heteroatoms. The fraction of sp³-hybridized carbons (Fsp3) is 0.333. The minimum absolute atomic E-state index is 0.546. The van der Waals surface area contributed by atoms with E-state index in [9.17, 15) is 26.1 Å². The molecule has 0 bridgehead atoms. The molecule has 0 aromatic heterocycles. The molecule has 1 aromatic rings. The topological polar surface area (TPSA) is 57.2 Å². The first kappa shape index (κ1) is 24.8. The maximum absolute atomic E-state index is 12.0. The number of halogens is 3. The largest absolute Gasteiger partial charge is 0.744 e. The van der Waals surface area contributed by atoms with Gasteiger partial charge >= 0.3 is 42.9 Å². The second-order valence-corrected chi connectivity index (χ2v) is 7.01. The zero-order valence-electron chi connectivity index (χ0n) is 14.0. The van der Waals surface area contributed by atoms with E-state index in [0.717, 1.165) is 4.89 Å². The van der Waals surface area contributed by atoms with E-state index < -0.39 is 26.8 Å². The number of benzene rings is 1. The summed E-state index contributed by atoms with van der Waals surface area (Å²) in [5.74, 6) is 0. The van der Waals surface area contributed by atoms with Crippen molar-refractivity contribution in [2.75, 3.05) is 0 Å². The molecule has 1 aliphatic carbocycles. The van der Waals surface area contributed by atoms with Crippen LogP contribution in [0.15, 0.2) is 66.1 Å². The van der Waals surface area contributed by atoms with Gasteiger partial charge in [-0.3, -0.25) is 0 Å². The number of alkyl halides is 3. The normalized spacial score (nSPS) is 16.5. The first-order chi connectivity index (χ1) is 12.1. The average Bonchev–Trinajstić information content (AvgIpc) is 2.53. The van der Waals surface area contributed by atoms with Gasteiger partial charge in [-0.25, -0.2) is 8.42 Å². The summed E-state index contributed by atoms with van der Waals surface area (Å²) < 4.78 is 67.0. The van der Waals surface area contributed by atoms with Gasteiger partial charge in [0.25, 0.3) is 0 Å². The molecule has 0 fully saturated rings. The number of allylic oxidation sites excluding steroid dienone is 5. The third-order valence-corrected chi connectivity index (χ3v) is 4.19. The third kappa shape index (κ3) is 12.2. The number of hydrogen-bond acceptors (Lipinski definition) is 3. The third-order valence-electron chi connectivity index (χ3n) is 2.89. The van der Waals surface area contributed by atoms with Crippen molar-refractivity contribution < 1.29 is 45.3 Å². The molecule has 148 valence electrons. The van der Waals surface area contributed by atoms with Gasteiger partial charge in [-0.2, -0.15) is 13.2 Å². The molecule has 0 amide bonds. The Balaban J connectivity index is 0.000000437. The molecule has 1 aromatic carbocycles. The Labute approximate surface area is 163 Å². The average molecular weight is 481 g/mol. The van der Waals surface area contributed by atoms with Gasteiger partial charge in [0.1, 0.15) is 10.1 Å². The van der Waals surface area contributed by atoms with Crippen molar-refractivity contribution in [2.45, 2.75) is 41.6 Å². The molecular weight excluding hydrogens is 460 g/mol. The van der Waals surface area contributed by atoms with E-state index in [2.05, 4.69) is 50.1 Å². The molecular formula is C18H21F3O3PdS. The molecule has 0 N–H and O–H groups in total. The van der Waals surface area contributed by atoms with Gasteiger partial charge in [0.2, 0.25) is 0 Å². The maximum atomic E-state index is 12.0. The van der Waals surface area contributed by atoms with Crippen LogP contribution in [0.4, 0.5) is 13.2 Å². The summed E-state index contributed by atoms with van der Waals surface area (Å²) in [4.78, 5) is 0.258. The van der Waals surface area contributed by atoms with Crippen LogP contribution in [0.3, 0.4) is 0 Å². The minimum atomic E-state index is -4.68. The molecule has 0 heterocycles. The van der Waals surface area contributed by atoms with Gasteiger partial charge in [0.05, 0.1) is 10.5 Å². The molecule has 0 saturated heterocycles. The number of hydrogen-bond donors (Lipinski definition) is 0. The molecule has 0 spiro atoms. The molecule has 0 atom stereocenters.